The summed E-state index contributed by atoms with van der Waals surface area (Å²) in [5.74, 6) is 0. The molecule has 15 heavy (non-hydrogen) atoms. The van der Waals surface area contributed by atoms with E-state index in [1.54, 1.807) is 18.4 Å². The number of thiophene rings is 1. The molecule has 2 unspecified atom stereocenters. The van der Waals surface area contributed by atoms with Crippen molar-refractivity contribution in [1.82, 2.24) is 5.32 Å². The van der Waals surface area contributed by atoms with E-state index in [1.807, 2.05) is 13.0 Å². The third-order valence-corrected chi connectivity index (χ3v) is 3.96. The molecular formula is C10H17BrN2OS. The maximum absolute atomic E-state index is 5.73. The van der Waals surface area contributed by atoms with Gasteiger partial charge in [-0.2, -0.15) is 0 Å². The standard InChI is InChI=1S/C10H17BrN2OS/c1-7(14-2)6-13-8(5-12)9-3-4-10(11)15-9/h3-4,7-8,13H,5-6,12H2,1-2H3. The van der Waals surface area contributed by atoms with E-state index >= 15 is 0 Å². The van der Waals surface area contributed by atoms with Crippen LogP contribution in [0, 0.1) is 0 Å². The minimum atomic E-state index is 0.211. The molecule has 0 aromatic carbocycles. The van der Waals surface area contributed by atoms with Crippen LogP contribution in [0.5, 0.6) is 0 Å². The van der Waals surface area contributed by atoms with Crippen LogP contribution in [-0.2, 0) is 4.74 Å². The lowest BCUT2D eigenvalue weighted by Crippen LogP contribution is -2.33. The fraction of sp³-hybridized carbons (Fsp3) is 0.600. The highest BCUT2D eigenvalue weighted by molar-refractivity contribution is 9.11. The molecule has 5 heteroatoms. The minimum Gasteiger partial charge on any atom is -0.380 e. The molecular weight excluding hydrogens is 276 g/mol. The molecule has 1 heterocycles. The van der Waals surface area contributed by atoms with Gasteiger partial charge in [0.1, 0.15) is 0 Å². The van der Waals surface area contributed by atoms with Crippen LogP contribution in [-0.4, -0.2) is 26.3 Å². The van der Waals surface area contributed by atoms with Crippen LogP contribution in [0.1, 0.15) is 17.8 Å². The molecule has 3 N–H and O–H groups in total. The highest BCUT2D eigenvalue weighted by Gasteiger charge is 2.12. The van der Waals surface area contributed by atoms with Crippen molar-refractivity contribution in [3.05, 3.63) is 20.8 Å². The van der Waals surface area contributed by atoms with Gasteiger partial charge in [-0.15, -0.1) is 11.3 Å². The highest BCUT2D eigenvalue weighted by Crippen LogP contribution is 2.26. The van der Waals surface area contributed by atoms with Crippen molar-refractivity contribution in [2.75, 3.05) is 20.2 Å². The fourth-order valence-electron chi connectivity index (χ4n) is 1.21. The molecule has 1 rings (SSSR count). The summed E-state index contributed by atoms with van der Waals surface area (Å²) in [6, 6.07) is 4.36. The third-order valence-electron chi connectivity index (χ3n) is 2.23. The average molecular weight is 293 g/mol. The highest BCUT2D eigenvalue weighted by atomic mass is 79.9. The zero-order chi connectivity index (χ0) is 11.3. The predicted molar refractivity (Wildman–Crippen MR) is 68.3 cm³/mol. The van der Waals surface area contributed by atoms with Crippen molar-refractivity contribution in [1.29, 1.82) is 0 Å². The number of ether oxygens (including phenoxy) is 1. The number of nitrogens with one attached hydrogen (secondary N) is 1. The molecule has 3 nitrogen and oxygen atoms in total. The van der Waals surface area contributed by atoms with Gasteiger partial charge in [-0.1, -0.05) is 0 Å². The zero-order valence-corrected chi connectivity index (χ0v) is 11.4. The van der Waals surface area contributed by atoms with Crippen LogP contribution in [0.15, 0.2) is 15.9 Å². The second kappa shape index (κ2) is 6.60. The molecule has 0 aliphatic rings. The molecule has 0 fully saturated rings. The summed E-state index contributed by atoms with van der Waals surface area (Å²) in [5.41, 5.74) is 5.73. The van der Waals surface area contributed by atoms with E-state index in [0.29, 0.717) is 6.54 Å². The van der Waals surface area contributed by atoms with Gasteiger partial charge in [0.2, 0.25) is 0 Å². The lowest BCUT2D eigenvalue weighted by Gasteiger charge is -2.18. The van der Waals surface area contributed by atoms with Gasteiger partial charge < -0.3 is 15.8 Å². The number of rotatable bonds is 6. The average Bonchev–Trinajstić information content (AvgIpc) is 2.65. The first-order chi connectivity index (χ1) is 7.17. The van der Waals surface area contributed by atoms with E-state index in [9.17, 15) is 0 Å². The van der Waals surface area contributed by atoms with Crippen molar-refractivity contribution in [3.8, 4) is 0 Å². The van der Waals surface area contributed by atoms with E-state index in [0.717, 1.165) is 10.3 Å². The first kappa shape index (κ1) is 13.1. The lowest BCUT2D eigenvalue weighted by atomic mass is 10.2. The van der Waals surface area contributed by atoms with Crippen molar-refractivity contribution >= 4 is 27.3 Å². The smallest absolute Gasteiger partial charge is 0.0702 e. The molecule has 1 aromatic heterocycles. The predicted octanol–water partition coefficient (Wildman–Crippen LogP) is 2.13. The van der Waals surface area contributed by atoms with Gasteiger partial charge in [0, 0.05) is 25.1 Å². The van der Waals surface area contributed by atoms with Crippen LogP contribution in [0.3, 0.4) is 0 Å². The second-order valence-electron chi connectivity index (χ2n) is 3.38. The van der Waals surface area contributed by atoms with Crippen molar-refractivity contribution in [3.63, 3.8) is 0 Å². The van der Waals surface area contributed by atoms with Crippen molar-refractivity contribution in [2.24, 2.45) is 5.73 Å². The first-order valence-corrected chi connectivity index (χ1v) is 6.49. The van der Waals surface area contributed by atoms with Gasteiger partial charge in [0.15, 0.2) is 0 Å². The Hall–Kier alpha value is 0.0600. The van der Waals surface area contributed by atoms with Gasteiger partial charge in [-0.3, -0.25) is 0 Å². The van der Waals surface area contributed by atoms with Gasteiger partial charge in [0.05, 0.1) is 15.9 Å². The molecule has 0 aliphatic heterocycles. The lowest BCUT2D eigenvalue weighted by molar-refractivity contribution is 0.114. The Labute approximate surface area is 103 Å². The summed E-state index contributed by atoms with van der Waals surface area (Å²) >= 11 is 5.16. The molecule has 1 aromatic rings. The van der Waals surface area contributed by atoms with E-state index in [2.05, 4.69) is 27.3 Å². The first-order valence-electron chi connectivity index (χ1n) is 4.88. The number of methoxy groups -OCH3 is 1. The van der Waals surface area contributed by atoms with Crippen LogP contribution < -0.4 is 11.1 Å². The molecule has 0 radical (unpaired) electrons. The van der Waals surface area contributed by atoms with Gasteiger partial charge in [-0.25, -0.2) is 0 Å². The Bertz CT molecular complexity index is 293. The van der Waals surface area contributed by atoms with Crippen LogP contribution >= 0.6 is 27.3 Å². The summed E-state index contributed by atoms with van der Waals surface area (Å²) in [4.78, 5) is 1.26. The Kier molecular flexibility index (Phi) is 5.78. The Balaban J connectivity index is 2.49. The van der Waals surface area contributed by atoms with Gasteiger partial charge >= 0.3 is 0 Å². The Morgan fingerprint density at radius 2 is 2.33 bits per heavy atom. The van der Waals surface area contributed by atoms with E-state index < -0.39 is 0 Å². The number of hydrogen-bond donors (Lipinski definition) is 2. The number of halogens is 1. The van der Waals surface area contributed by atoms with E-state index in [-0.39, 0.29) is 12.1 Å². The summed E-state index contributed by atoms with van der Waals surface area (Å²) < 4.78 is 6.31. The monoisotopic (exact) mass is 292 g/mol. The molecule has 86 valence electrons. The normalized spacial score (nSPS) is 15.2. The second-order valence-corrected chi connectivity index (χ2v) is 5.88. The van der Waals surface area contributed by atoms with Crippen LogP contribution in [0.2, 0.25) is 0 Å². The third kappa shape index (κ3) is 4.20. The van der Waals surface area contributed by atoms with Crippen molar-refractivity contribution in [2.45, 2.75) is 19.1 Å². The SMILES string of the molecule is COC(C)CNC(CN)c1ccc(Br)s1. The Morgan fingerprint density at radius 1 is 1.60 bits per heavy atom. The largest absolute Gasteiger partial charge is 0.380 e. The fourth-order valence-corrected chi connectivity index (χ4v) is 2.72. The van der Waals surface area contributed by atoms with E-state index in [1.165, 1.54) is 4.88 Å². The van der Waals surface area contributed by atoms with Crippen molar-refractivity contribution < 1.29 is 4.74 Å². The van der Waals surface area contributed by atoms with Gasteiger partial charge in [-0.05, 0) is 35.0 Å². The molecule has 0 saturated carbocycles. The van der Waals surface area contributed by atoms with Crippen LogP contribution in [0.4, 0.5) is 0 Å². The van der Waals surface area contributed by atoms with E-state index in [4.69, 9.17) is 10.5 Å². The molecule has 0 amide bonds. The molecule has 0 aliphatic carbocycles. The summed E-state index contributed by atoms with van der Waals surface area (Å²) in [7, 11) is 1.71. The molecule has 0 bridgehead atoms. The molecule has 2 atom stereocenters. The summed E-state index contributed by atoms with van der Waals surface area (Å²) in [6.45, 7) is 3.45. The quantitative estimate of drug-likeness (QED) is 0.844. The zero-order valence-electron chi connectivity index (χ0n) is 9.00. The molecule has 0 spiro atoms. The molecule has 0 saturated heterocycles. The maximum atomic E-state index is 5.73. The summed E-state index contributed by atoms with van der Waals surface area (Å²) in [5, 5.41) is 3.39. The number of nitrogens with two attached hydrogens (primary N) is 1. The topological polar surface area (TPSA) is 47.3 Å². The Morgan fingerprint density at radius 3 is 2.80 bits per heavy atom. The van der Waals surface area contributed by atoms with Crippen LogP contribution in [0.25, 0.3) is 0 Å². The number of hydrogen-bond acceptors (Lipinski definition) is 4. The van der Waals surface area contributed by atoms with Gasteiger partial charge in [0.25, 0.3) is 0 Å². The minimum absolute atomic E-state index is 0.211. The maximum Gasteiger partial charge on any atom is 0.0702 e. The summed E-state index contributed by atoms with van der Waals surface area (Å²) in [6.07, 6.45) is 0.211.